The Morgan fingerprint density at radius 3 is 2.69 bits per heavy atom. The third kappa shape index (κ3) is 2.94. The predicted molar refractivity (Wildman–Crippen MR) is 98.2 cm³/mol. The minimum Gasteiger partial charge on any atom is -0.422 e. The van der Waals surface area contributed by atoms with Gasteiger partial charge in [-0.1, -0.05) is 19.1 Å². The van der Waals surface area contributed by atoms with Crippen LogP contribution in [0.1, 0.15) is 35.9 Å². The molecule has 26 heavy (non-hydrogen) atoms. The molecule has 1 aliphatic heterocycles. The smallest absolute Gasteiger partial charge is 0.353 e. The van der Waals surface area contributed by atoms with E-state index in [1.54, 1.807) is 41.8 Å². The second kappa shape index (κ2) is 6.68. The normalized spacial score (nSPS) is 25.3. The van der Waals surface area contributed by atoms with Crippen LogP contribution >= 0.6 is 11.3 Å². The largest absolute Gasteiger partial charge is 0.422 e. The Balaban J connectivity index is 1.57. The zero-order valence-electron chi connectivity index (χ0n) is 14.4. The molecule has 3 atom stereocenters. The highest BCUT2D eigenvalue weighted by Crippen LogP contribution is 2.42. The maximum Gasteiger partial charge on any atom is 0.353 e. The van der Waals surface area contributed by atoms with Crippen LogP contribution in [0, 0.1) is 17.8 Å². The van der Waals surface area contributed by atoms with E-state index < -0.39 is 5.97 Å². The van der Waals surface area contributed by atoms with Crippen molar-refractivity contribution in [2.75, 3.05) is 4.90 Å². The maximum atomic E-state index is 12.8. The van der Waals surface area contributed by atoms with E-state index in [1.165, 1.54) is 16.2 Å². The van der Waals surface area contributed by atoms with Gasteiger partial charge in [-0.05, 0) is 48.8 Å². The van der Waals surface area contributed by atoms with Gasteiger partial charge >= 0.3 is 5.97 Å². The molecule has 0 bridgehead atoms. The lowest BCUT2D eigenvalue weighted by Gasteiger charge is -2.25. The van der Waals surface area contributed by atoms with Gasteiger partial charge in [-0.15, -0.1) is 11.3 Å². The van der Waals surface area contributed by atoms with E-state index in [2.05, 4.69) is 6.92 Å². The van der Waals surface area contributed by atoms with Crippen LogP contribution in [0.25, 0.3) is 0 Å². The number of anilines is 1. The van der Waals surface area contributed by atoms with E-state index in [0.717, 1.165) is 19.3 Å². The van der Waals surface area contributed by atoms with Crippen LogP contribution in [0.15, 0.2) is 41.8 Å². The summed E-state index contributed by atoms with van der Waals surface area (Å²) in [5.41, 5.74) is 0.471. The Morgan fingerprint density at radius 2 is 1.92 bits per heavy atom. The fraction of sp³-hybridized carbons (Fsp3) is 0.350. The van der Waals surface area contributed by atoms with Crippen LogP contribution < -0.4 is 9.64 Å². The van der Waals surface area contributed by atoms with Gasteiger partial charge in [-0.25, -0.2) is 9.69 Å². The van der Waals surface area contributed by atoms with Crippen molar-refractivity contribution in [2.45, 2.75) is 26.2 Å². The number of hydrogen-bond donors (Lipinski definition) is 0. The first kappa shape index (κ1) is 17.0. The van der Waals surface area contributed by atoms with Gasteiger partial charge in [0.25, 0.3) is 0 Å². The molecule has 1 aromatic heterocycles. The molecule has 2 aliphatic rings. The molecule has 0 unspecified atom stereocenters. The number of carbonyl (C=O) groups excluding carboxylic acids is 3. The highest BCUT2D eigenvalue weighted by molar-refractivity contribution is 7.12. The van der Waals surface area contributed by atoms with E-state index in [-0.39, 0.29) is 23.7 Å². The number of esters is 1. The van der Waals surface area contributed by atoms with Crippen LogP contribution in [0.3, 0.4) is 0 Å². The molecule has 1 aromatic carbocycles. The van der Waals surface area contributed by atoms with Gasteiger partial charge in [0.2, 0.25) is 11.8 Å². The minimum absolute atomic E-state index is 0.131. The van der Waals surface area contributed by atoms with Crippen molar-refractivity contribution in [3.8, 4) is 5.75 Å². The average molecular weight is 369 g/mol. The first-order valence-electron chi connectivity index (χ1n) is 8.78. The van der Waals surface area contributed by atoms with Gasteiger partial charge in [0, 0.05) is 6.07 Å². The standard InChI is InChI=1S/C20H19NO4S/c1-12-7-8-15-16(10-12)19(23)21(18(15)22)13-4-2-5-14(11-13)25-20(24)17-6-3-9-26-17/h2-6,9,11-12,15-16H,7-8,10H2,1H3/t12-,15+,16+/m1/s1. The summed E-state index contributed by atoms with van der Waals surface area (Å²) < 4.78 is 5.39. The molecule has 1 aliphatic carbocycles. The molecule has 1 saturated carbocycles. The van der Waals surface area contributed by atoms with Gasteiger partial charge in [0.05, 0.1) is 17.5 Å². The zero-order valence-corrected chi connectivity index (χ0v) is 15.2. The lowest BCUT2D eigenvalue weighted by Crippen LogP contribution is -2.30. The number of benzene rings is 1. The summed E-state index contributed by atoms with van der Waals surface area (Å²) in [5.74, 6) is -0.351. The van der Waals surface area contributed by atoms with Crippen molar-refractivity contribution in [2.24, 2.45) is 17.8 Å². The molecule has 6 heteroatoms. The van der Waals surface area contributed by atoms with Crippen LogP contribution in [0.5, 0.6) is 5.75 Å². The molecule has 2 amide bonds. The van der Waals surface area contributed by atoms with Crippen LogP contribution in [0.4, 0.5) is 5.69 Å². The third-order valence-electron chi connectivity index (χ3n) is 5.20. The molecule has 0 N–H and O–H groups in total. The summed E-state index contributed by atoms with van der Waals surface area (Å²) in [5, 5.41) is 1.80. The molecule has 2 aromatic rings. The molecule has 0 spiro atoms. The van der Waals surface area contributed by atoms with Crippen molar-refractivity contribution >= 4 is 34.8 Å². The maximum absolute atomic E-state index is 12.8. The highest BCUT2D eigenvalue weighted by Gasteiger charge is 2.50. The van der Waals surface area contributed by atoms with Gasteiger partial charge in [0.1, 0.15) is 10.6 Å². The number of hydrogen-bond acceptors (Lipinski definition) is 5. The Morgan fingerprint density at radius 1 is 1.12 bits per heavy atom. The Kier molecular flexibility index (Phi) is 4.36. The molecular formula is C20H19NO4S. The monoisotopic (exact) mass is 369 g/mol. The number of amides is 2. The topological polar surface area (TPSA) is 63.7 Å². The number of ether oxygens (including phenoxy) is 1. The number of carbonyl (C=O) groups is 3. The van der Waals surface area contributed by atoms with Crippen molar-refractivity contribution in [3.63, 3.8) is 0 Å². The summed E-state index contributed by atoms with van der Waals surface area (Å²) in [6, 6.07) is 10.1. The zero-order chi connectivity index (χ0) is 18.3. The predicted octanol–water partition coefficient (Wildman–Crippen LogP) is 3.89. The van der Waals surface area contributed by atoms with E-state index in [9.17, 15) is 14.4 Å². The summed E-state index contributed by atoms with van der Waals surface area (Å²) in [6.45, 7) is 2.13. The Bertz CT molecular complexity index is 860. The summed E-state index contributed by atoms with van der Waals surface area (Å²) in [4.78, 5) is 39.5. The van der Waals surface area contributed by atoms with E-state index in [1.807, 2.05) is 0 Å². The first-order chi connectivity index (χ1) is 12.5. The second-order valence-electron chi connectivity index (χ2n) is 7.01. The summed E-state index contributed by atoms with van der Waals surface area (Å²) in [7, 11) is 0. The summed E-state index contributed by atoms with van der Waals surface area (Å²) in [6.07, 6.45) is 2.51. The summed E-state index contributed by atoms with van der Waals surface area (Å²) >= 11 is 1.30. The fourth-order valence-corrected chi connectivity index (χ4v) is 4.48. The second-order valence-corrected chi connectivity index (χ2v) is 7.95. The Hall–Kier alpha value is -2.47. The minimum atomic E-state index is -0.446. The van der Waals surface area contributed by atoms with Crippen molar-refractivity contribution in [1.82, 2.24) is 0 Å². The van der Waals surface area contributed by atoms with E-state index in [4.69, 9.17) is 4.74 Å². The van der Waals surface area contributed by atoms with Gasteiger partial charge in [-0.2, -0.15) is 0 Å². The van der Waals surface area contributed by atoms with Crippen molar-refractivity contribution in [1.29, 1.82) is 0 Å². The van der Waals surface area contributed by atoms with Crippen molar-refractivity contribution in [3.05, 3.63) is 46.7 Å². The molecular weight excluding hydrogens is 350 g/mol. The molecule has 0 radical (unpaired) electrons. The molecule has 2 heterocycles. The number of rotatable bonds is 3. The van der Waals surface area contributed by atoms with Gasteiger partial charge < -0.3 is 4.74 Å². The van der Waals surface area contributed by atoms with Gasteiger partial charge in [0.15, 0.2) is 0 Å². The van der Waals surface area contributed by atoms with Crippen LogP contribution in [-0.4, -0.2) is 17.8 Å². The van der Waals surface area contributed by atoms with E-state index in [0.29, 0.717) is 22.2 Å². The number of nitrogens with zero attached hydrogens (tertiary/aromatic N) is 1. The molecule has 5 nitrogen and oxygen atoms in total. The molecule has 1 saturated heterocycles. The molecule has 2 fully saturated rings. The quantitative estimate of drug-likeness (QED) is 0.468. The Labute approximate surface area is 155 Å². The third-order valence-corrected chi connectivity index (χ3v) is 6.05. The SMILES string of the molecule is C[C@@H]1CC[C@@H]2C(=O)N(c3cccc(OC(=O)c4cccs4)c3)C(=O)[C@H]2C1. The van der Waals surface area contributed by atoms with Gasteiger partial charge in [-0.3, -0.25) is 9.59 Å². The van der Waals surface area contributed by atoms with E-state index >= 15 is 0 Å². The highest BCUT2D eigenvalue weighted by atomic mass is 32.1. The lowest BCUT2D eigenvalue weighted by atomic mass is 9.76. The number of imide groups is 1. The molecule has 134 valence electrons. The molecule has 4 rings (SSSR count). The fourth-order valence-electron chi connectivity index (χ4n) is 3.88. The van der Waals surface area contributed by atoms with Crippen LogP contribution in [-0.2, 0) is 9.59 Å². The van der Waals surface area contributed by atoms with Crippen molar-refractivity contribution < 1.29 is 19.1 Å². The average Bonchev–Trinajstić information content (AvgIpc) is 3.23. The number of fused-ring (bicyclic) bond motifs is 1. The lowest BCUT2D eigenvalue weighted by molar-refractivity contribution is -0.122. The van der Waals surface area contributed by atoms with Crippen LogP contribution in [0.2, 0.25) is 0 Å². The number of thiophene rings is 1. The first-order valence-corrected chi connectivity index (χ1v) is 9.66.